The minimum absolute atomic E-state index is 0.175. The molecule has 1 fully saturated rings. The van der Waals surface area contributed by atoms with Gasteiger partial charge in [-0.05, 0) is 64.4 Å². The van der Waals surface area contributed by atoms with E-state index in [0.717, 1.165) is 46.8 Å². The summed E-state index contributed by atoms with van der Waals surface area (Å²) in [6.07, 6.45) is 1.64. The lowest BCUT2D eigenvalue weighted by Gasteiger charge is -2.15. The van der Waals surface area contributed by atoms with Gasteiger partial charge in [-0.15, -0.1) is 0 Å². The molecular formula is C23H27ClN4O3. The summed E-state index contributed by atoms with van der Waals surface area (Å²) in [4.78, 5) is 9.79. The zero-order valence-corrected chi connectivity index (χ0v) is 19.0. The average molecular weight is 443 g/mol. The van der Waals surface area contributed by atoms with Gasteiger partial charge in [-0.2, -0.15) is 0 Å². The molecule has 1 aromatic carbocycles. The Morgan fingerprint density at radius 3 is 2.68 bits per heavy atom. The van der Waals surface area contributed by atoms with Crippen LogP contribution >= 0.6 is 11.6 Å². The minimum Gasteiger partial charge on any atom is -0.491 e. The fourth-order valence-corrected chi connectivity index (χ4v) is 3.93. The van der Waals surface area contributed by atoms with Crippen LogP contribution in [0.5, 0.6) is 5.75 Å². The summed E-state index contributed by atoms with van der Waals surface area (Å²) in [6, 6.07) is 5.38. The van der Waals surface area contributed by atoms with Crippen molar-refractivity contribution in [2.45, 2.75) is 45.6 Å². The van der Waals surface area contributed by atoms with Gasteiger partial charge in [0.05, 0.1) is 27.7 Å². The smallest absolute Gasteiger partial charge is 0.161 e. The van der Waals surface area contributed by atoms with Crippen molar-refractivity contribution in [2.75, 3.05) is 20.2 Å². The molecule has 1 saturated carbocycles. The molecule has 4 rings (SSSR count). The molecule has 1 aliphatic rings. The van der Waals surface area contributed by atoms with E-state index in [-0.39, 0.29) is 6.61 Å². The summed E-state index contributed by atoms with van der Waals surface area (Å²) >= 11 is 6.54. The molecule has 0 aliphatic heterocycles. The van der Waals surface area contributed by atoms with Gasteiger partial charge in [0, 0.05) is 18.0 Å². The van der Waals surface area contributed by atoms with Crippen LogP contribution < -0.4 is 10.1 Å². The number of rotatable bonds is 8. The van der Waals surface area contributed by atoms with Crippen LogP contribution in [-0.2, 0) is 0 Å². The molecule has 0 radical (unpaired) electrons. The van der Waals surface area contributed by atoms with E-state index < -0.39 is 6.10 Å². The Balaban J connectivity index is 1.77. The SMILES string of the molecule is CNC[C@@H](O)COc1ccc(Cl)c(-c2nc(-c3c(C)noc3C)c(C)c(C3CC3)n2)c1. The van der Waals surface area contributed by atoms with Gasteiger partial charge in [0.15, 0.2) is 5.82 Å². The van der Waals surface area contributed by atoms with Crippen molar-refractivity contribution in [2.24, 2.45) is 0 Å². The highest BCUT2D eigenvalue weighted by Gasteiger charge is 2.30. The lowest BCUT2D eigenvalue weighted by molar-refractivity contribution is 0.108. The van der Waals surface area contributed by atoms with Crippen molar-refractivity contribution >= 4 is 11.6 Å². The van der Waals surface area contributed by atoms with Gasteiger partial charge in [0.1, 0.15) is 24.2 Å². The normalized spacial score (nSPS) is 14.6. The first-order valence-electron chi connectivity index (χ1n) is 10.5. The van der Waals surface area contributed by atoms with Crippen LogP contribution in [0, 0.1) is 20.8 Å². The molecule has 1 aliphatic carbocycles. The summed E-state index contributed by atoms with van der Waals surface area (Å²) in [5.41, 5.74) is 5.33. The van der Waals surface area contributed by atoms with E-state index in [1.54, 1.807) is 19.2 Å². The van der Waals surface area contributed by atoms with Crippen molar-refractivity contribution in [1.29, 1.82) is 0 Å². The molecule has 0 bridgehead atoms. The zero-order chi connectivity index (χ0) is 22.1. The number of hydrogen-bond acceptors (Lipinski definition) is 7. The van der Waals surface area contributed by atoms with Crippen LogP contribution in [0.15, 0.2) is 22.7 Å². The van der Waals surface area contributed by atoms with Crippen molar-refractivity contribution in [1.82, 2.24) is 20.4 Å². The van der Waals surface area contributed by atoms with Gasteiger partial charge >= 0.3 is 0 Å². The average Bonchev–Trinajstić information content (AvgIpc) is 3.53. The molecule has 2 N–H and O–H groups in total. The van der Waals surface area contributed by atoms with E-state index >= 15 is 0 Å². The standard InChI is InChI=1S/C23H27ClN4O3/c1-12-21(15-5-6-15)26-23(27-22(12)20-13(2)28-31-14(20)3)18-9-17(7-8-19(18)24)30-11-16(29)10-25-4/h7-9,15-16,25,29H,5-6,10-11H2,1-4H3/t16-/m1/s1. The Bertz CT molecular complexity index is 1080. The van der Waals surface area contributed by atoms with E-state index in [0.29, 0.717) is 34.6 Å². The number of nitrogens with zero attached hydrogens (tertiary/aromatic N) is 3. The third-order valence-electron chi connectivity index (χ3n) is 5.48. The van der Waals surface area contributed by atoms with Crippen LogP contribution in [0.1, 0.15) is 41.5 Å². The van der Waals surface area contributed by atoms with E-state index in [1.165, 1.54) is 0 Å². The number of ether oxygens (including phenoxy) is 1. The molecule has 0 amide bonds. The van der Waals surface area contributed by atoms with Crippen LogP contribution in [-0.4, -0.2) is 46.5 Å². The largest absolute Gasteiger partial charge is 0.491 e. The molecule has 0 unspecified atom stereocenters. The van der Waals surface area contributed by atoms with Crippen molar-refractivity contribution < 1.29 is 14.4 Å². The second-order valence-electron chi connectivity index (χ2n) is 8.04. The van der Waals surface area contributed by atoms with Gasteiger partial charge in [0.2, 0.25) is 0 Å². The van der Waals surface area contributed by atoms with Crippen LogP contribution in [0.4, 0.5) is 0 Å². The van der Waals surface area contributed by atoms with Crippen LogP contribution in [0.25, 0.3) is 22.6 Å². The van der Waals surface area contributed by atoms with Gasteiger partial charge < -0.3 is 19.7 Å². The van der Waals surface area contributed by atoms with Gasteiger partial charge in [0.25, 0.3) is 0 Å². The molecule has 2 aromatic heterocycles. The predicted octanol–water partition coefficient (Wildman–Crippen LogP) is 4.21. The Morgan fingerprint density at radius 2 is 2.03 bits per heavy atom. The van der Waals surface area contributed by atoms with E-state index in [1.807, 2.05) is 19.9 Å². The summed E-state index contributed by atoms with van der Waals surface area (Å²) < 4.78 is 11.2. The Kier molecular flexibility index (Phi) is 6.27. The summed E-state index contributed by atoms with van der Waals surface area (Å²) in [5, 5.41) is 17.5. The maximum Gasteiger partial charge on any atom is 0.161 e. The van der Waals surface area contributed by atoms with Gasteiger partial charge in [-0.3, -0.25) is 0 Å². The number of aliphatic hydroxyl groups excluding tert-OH is 1. The van der Waals surface area contributed by atoms with Gasteiger partial charge in [-0.25, -0.2) is 9.97 Å². The second-order valence-corrected chi connectivity index (χ2v) is 8.45. The molecule has 31 heavy (non-hydrogen) atoms. The number of aliphatic hydroxyl groups is 1. The fourth-order valence-electron chi connectivity index (χ4n) is 3.73. The molecule has 164 valence electrons. The van der Waals surface area contributed by atoms with Crippen molar-refractivity contribution in [3.63, 3.8) is 0 Å². The highest BCUT2D eigenvalue weighted by Crippen LogP contribution is 2.44. The lowest BCUT2D eigenvalue weighted by atomic mass is 10.0. The third kappa shape index (κ3) is 4.59. The molecule has 3 aromatic rings. The number of benzene rings is 1. The molecule has 2 heterocycles. The summed E-state index contributed by atoms with van der Waals surface area (Å²) in [6.45, 7) is 6.50. The van der Waals surface area contributed by atoms with Crippen LogP contribution in [0.2, 0.25) is 5.02 Å². The highest BCUT2D eigenvalue weighted by atomic mass is 35.5. The first-order chi connectivity index (χ1) is 14.9. The molecule has 8 heteroatoms. The third-order valence-corrected chi connectivity index (χ3v) is 5.81. The molecular weight excluding hydrogens is 416 g/mol. The number of aromatic nitrogens is 3. The van der Waals surface area contributed by atoms with Crippen molar-refractivity contribution in [3.8, 4) is 28.4 Å². The monoisotopic (exact) mass is 442 g/mol. The maximum absolute atomic E-state index is 9.93. The quantitative estimate of drug-likeness (QED) is 0.539. The maximum atomic E-state index is 9.93. The summed E-state index contributed by atoms with van der Waals surface area (Å²) in [5.74, 6) is 2.32. The highest BCUT2D eigenvalue weighted by molar-refractivity contribution is 6.33. The van der Waals surface area contributed by atoms with Crippen molar-refractivity contribution in [3.05, 3.63) is 45.9 Å². The number of aryl methyl sites for hydroxylation is 2. The van der Waals surface area contributed by atoms with Gasteiger partial charge in [-0.1, -0.05) is 16.8 Å². The second kappa shape index (κ2) is 8.94. The number of likely N-dealkylation sites (N-methyl/N-ethyl adjacent to an activating group) is 1. The molecule has 7 nitrogen and oxygen atoms in total. The van der Waals surface area contributed by atoms with E-state index in [4.69, 9.17) is 30.8 Å². The zero-order valence-electron chi connectivity index (χ0n) is 18.2. The minimum atomic E-state index is -0.604. The Labute approximate surface area is 186 Å². The number of hydrogen-bond donors (Lipinski definition) is 2. The molecule has 1 atom stereocenters. The van der Waals surface area contributed by atoms with Crippen LogP contribution in [0.3, 0.4) is 0 Å². The van der Waals surface area contributed by atoms with E-state index in [9.17, 15) is 5.11 Å². The Morgan fingerprint density at radius 1 is 1.26 bits per heavy atom. The van der Waals surface area contributed by atoms with E-state index in [2.05, 4.69) is 17.4 Å². The summed E-state index contributed by atoms with van der Waals surface area (Å²) in [7, 11) is 1.78. The number of halogens is 1. The fraction of sp³-hybridized carbons (Fsp3) is 0.435. The molecule has 0 spiro atoms. The lowest BCUT2D eigenvalue weighted by Crippen LogP contribution is -2.29. The number of nitrogens with one attached hydrogen (secondary N) is 1. The Hall–Kier alpha value is -2.48. The molecule has 0 saturated heterocycles. The first-order valence-corrected chi connectivity index (χ1v) is 10.8. The first kappa shape index (κ1) is 21.7. The predicted molar refractivity (Wildman–Crippen MR) is 120 cm³/mol. The topological polar surface area (TPSA) is 93.3 Å².